The van der Waals surface area contributed by atoms with Gasteiger partial charge in [0.25, 0.3) is 0 Å². The van der Waals surface area contributed by atoms with Gasteiger partial charge in [-0.25, -0.2) is 0 Å². The van der Waals surface area contributed by atoms with Gasteiger partial charge in [0, 0.05) is 18.0 Å². The van der Waals surface area contributed by atoms with E-state index in [-0.39, 0.29) is 17.2 Å². The van der Waals surface area contributed by atoms with Crippen molar-refractivity contribution in [1.29, 1.82) is 0 Å². The van der Waals surface area contributed by atoms with Crippen LogP contribution in [0.1, 0.15) is 64.2 Å². The normalized spacial score (nSPS) is 37.0. The van der Waals surface area contributed by atoms with Gasteiger partial charge in [0.1, 0.15) is 5.78 Å². The second-order valence-electron chi connectivity index (χ2n) is 7.50. The van der Waals surface area contributed by atoms with Crippen LogP contribution in [0.15, 0.2) is 0 Å². The van der Waals surface area contributed by atoms with Crippen molar-refractivity contribution >= 4 is 5.78 Å². The second kappa shape index (κ2) is 7.39. The minimum atomic E-state index is -0.304. The molecule has 22 heavy (non-hydrogen) atoms. The fourth-order valence-electron chi connectivity index (χ4n) is 4.87. The molecule has 5 heteroatoms. The zero-order valence-corrected chi connectivity index (χ0v) is 13.5. The van der Waals surface area contributed by atoms with Crippen LogP contribution in [0.2, 0.25) is 0 Å². The van der Waals surface area contributed by atoms with Gasteiger partial charge in [-0.1, -0.05) is 12.8 Å². The van der Waals surface area contributed by atoms with Gasteiger partial charge in [0.05, 0.1) is 6.54 Å². The SMILES string of the molecule is O=C(CN1CCCC2CCCCC21)C1CCC(N([O-])O)CC1. The van der Waals surface area contributed by atoms with Gasteiger partial charge in [-0.15, -0.1) is 0 Å². The third-order valence-corrected chi connectivity index (χ3v) is 6.18. The molecule has 2 saturated carbocycles. The van der Waals surface area contributed by atoms with E-state index in [9.17, 15) is 10.0 Å². The maximum Gasteiger partial charge on any atom is 0.149 e. The first-order chi connectivity index (χ1) is 10.6. The van der Waals surface area contributed by atoms with Crippen LogP contribution in [0.25, 0.3) is 0 Å². The molecule has 3 aliphatic rings. The smallest absolute Gasteiger partial charge is 0.149 e. The lowest BCUT2D eigenvalue weighted by Gasteiger charge is -2.44. The van der Waals surface area contributed by atoms with Crippen LogP contribution < -0.4 is 0 Å². The minimum Gasteiger partial charge on any atom is -0.762 e. The summed E-state index contributed by atoms with van der Waals surface area (Å²) in [5.41, 5.74) is 0. The number of rotatable bonds is 4. The van der Waals surface area contributed by atoms with Crippen LogP contribution in [0.4, 0.5) is 0 Å². The van der Waals surface area contributed by atoms with Crippen LogP contribution in [0.5, 0.6) is 0 Å². The zero-order chi connectivity index (χ0) is 15.5. The predicted octanol–water partition coefficient (Wildman–Crippen LogP) is 2.96. The van der Waals surface area contributed by atoms with Gasteiger partial charge in [-0.2, -0.15) is 0 Å². The largest absolute Gasteiger partial charge is 0.762 e. The molecule has 5 nitrogen and oxygen atoms in total. The van der Waals surface area contributed by atoms with Crippen molar-refractivity contribution in [3.63, 3.8) is 0 Å². The number of hydroxylamine groups is 2. The molecular formula is C17H29N2O3-. The molecule has 1 heterocycles. The Morgan fingerprint density at radius 1 is 1.05 bits per heavy atom. The molecule has 0 amide bonds. The Bertz CT molecular complexity index is 378. The van der Waals surface area contributed by atoms with Crippen LogP contribution in [0.3, 0.4) is 0 Å². The molecule has 1 saturated heterocycles. The lowest BCUT2D eigenvalue weighted by atomic mass is 9.77. The van der Waals surface area contributed by atoms with E-state index in [1.165, 1.54) is 38.5 Å². The van der Waals surface area contributed by atoms with Gasteiger partial charge in [-0.3, -0.25) is 14.9 Å². The maximum atomic E-state index is 12.6. The topological polar surface area (TPSA) is 66.8 Å². The summed E-state index contributed by atoms with van der Waals surface area (Å²) in [6.07, 6.45) is 10.6. The molecule has 3 fully saturated rings. The van der Waals surface area contributed by atoms with Crippen LogP contribution in [-0.4, -0.2) is 46.3 Å². The van der Waals surface area contributed by atoms with E-state index in [2.05, 4.69) is 4.90 Å². The number of hydrogen-bond acceptors (Lipinski definition) is 5. The molecule has 1 aliphatic heterocycles. The van der Waals surface area contributed by atoms with E-state index < -0.39 is 0 Å². The summed E-state index contributed by atoms with van der Waals surface area (Å²) in [5, 5.41) is 20.0. The molecule has 0 bridgehead atoms. The molecule has 1 N–H and O–H groups in total. The van der Waals surface area contributed by atoms with Crippen molar-refractivity contribution in [1.82, 2.24) is 10.1 Å². The summed E-state index contributed by atoms with van der Waals surface area (Å²) in [7, 11) is 0. The Labute approximate surface area is 133 Å². The summed E-state index contributed by atoms with van der Waals surface area (Å²) in [4.78, 5) is 15.1. The first kappa shape index (κ1) is 16.4. The molecule has 2 atom stereocenters. The number of carbonyl (C=O) groups excluding carboxylic acids is 1. The number of fused-ring (bicyclic) bond motifs is 1. The van der Waals surface area contributed by atoms with Crippen molar-refractivity contribution in [3.8, 4) is 0 Å². The highest BCUT2D eigenvalue weighted by atomic mass is 16.8. The fourth-order valence-corrected chi connectivity index (χ4v) is 4.87. The Kier molecular flexibility index (Phi) is 5.50. The Balaban J connectivity index is 1.51. The number of Topliss-reactive ketones (excluding diaryl/α,β-unsaturated/α-hetero) is 1. The Hall–Kier alpha value is -0.490. The van der Waals surface area contributed by atoms with E-state index in [0.717, 1.165) is 25.3 Å². The molecule has 3 rings (SSSR count). The standard InChI is InChI=1S/C17H29N2O3/c20-17(14-7-9-15(10-8-14)19(21)22)12-18-11-3-5-13-4-1-2-6-16(13)18/h13-16,21H,1-12H2/q-1. The van der Waals surface area contributed by atoms with Gasteiger partial charge >= 0.3 is 0 Å². The van der Waals surface area contributed by atoms with E-state index in [1.807, 2.05) is 0 Å². The summed E-state index contributed by atoms with van der Waals surface area (Å²) in [6.45, 7) is 1.68. The summed E-state index contributed by atoms with van der Waals surface area (Å²) in [6, 6.07) is 0.333. The zero-order valence-electron chi connectivity index (χ0n) is 13.5. The summed E-state index contributed by atoms with van der Waals surface area (Å²) < 4.78 is 0. The molecule has 0 aromatic carbocycles. The highest BCUT2D eigenvalue weighted by Crippen LogP contribution is 2.36. The highest BCUT2D eigenvalue weighted by molar-refractivity contribution is 5.83. The second-order valence-corrected chi connectivity index (χ2v) is 7.50. The lowest BCUT2D eigenvalue weighted by Crippen LogP contribution is -2.49. The first-order valence-corrected chi connectivity index (χ1v) is 9.07. The first-order valence-electron chi connectivity index (χ1n) is 9.07. The van der Waals surface area contributed by atoms with Gasteiger partial charge < -0.3 is 10.4 Å². The number of hydrogen-bond donors (Lipinski definition) is 1. The third-order valence-electron chi connectivity index (χ3n) is 6.18. The lowest BCUT2D eigenvalue weighted by molar-refractivity contribution is -0.129. The fraction of sp³-hybridized carbons (Fsp3) is 0.941. The maximum absolute atomic E-state index is 12.6. The molecule has 2 aliphatic carbocycles. The Morgan fingerprint density at radius 2 is 1.73 bits per heavy atom. The quantitative estimate of drug-likeness (QED) is 0.809. The molecule has 126 valence electrons. The van der Waals surface area contributed by atoms with E-state index in [4.69, 9.17) is 5.21 Å². The molecule has 0 aromatic rings. The van der Waals surface area contributed by atoms with Crippen LogP contribution in [-0.2, 0) is 4.79 Å². The Morgan fingerprint density at radius 3 is 2.45 bits per heavy atom. The van der Waals surface area contributed by atoms with E-state index in [0.29, 0.717) is 31.2 Å². The van der Waals surface area contributed by atoms with Gasteiger partial charge in [-0.05, 0) is 63.8 Å². The average Bonchev–Trinajstić information content (AvgIpc) is 2.55. The molecule has 2 unspecified atom stereocenters. The van der Waals surface area contributed by atoms with E-state index >= 15 is 0 Å². The van der Waals surface area contributed by atoms with Crippen LogP contribution >= 0.6 is 0 Å². The van der Waals surface area contributed by atoms with Crippen molar-refractivity contribution in [3.05, 3.63) is 5.21 Å². The minimum absolute atomic E-state index is 0.0813. The van der Waals surface area contributed by atoms with Crippen molar-refractivity contribution in [2.24, 2.45) is 11.8 Å². The summed E-state index contributed by atoms with van der Waals surface area (Å²) in [5.74, 6) is 1.27. The number of piperidine rings is 1. The van der Waals surface area contributed by atoms with Crippen LogP contribution in [0, 0.1) is 17.0 Å². The third kappa shape index (κ3) is 3.70. The van der Waals surface area contributed by atoms with Crippen molar-refractivity contribution < 1.29 is 10.0 Å². The molecule has 0 spiro atoms. The van der Waals surface area contributed by atoms with Crippen molar-refractivity contribution in [2.75, 3.05) is 13.1 Å². The molecule has 0 radical (unpaired) electrons. The summed E-state index contributed by atoms with van der Waals surface area (Å²) >= 11 is 0. The average molecular weight is 309 g/mol. The number of nitrogens with zero attached hydrogens (tertiary/aromatic N) is 2. The van der Waals surface area contributed by atoms with Gasteiger partial charge in [0.2, 0.25) is 0 Å². The van der Waals surface area contributed by atoms with E-state index in [1.54, 1.807) is 0 Å². The predicted molar refractivity (Wildman–Crippen MR) is 84.3 cm³/mol. The molecule has 0 aromatic heterocycles. The number of likely N-dealkylation sites (tertiary alicyclic amines) is 1. The van der Waals surface area contributed by atoms with Crippen molar-refractivity contribution in [2.45, 2.75) is 76.3 Å². The molecular weight excluding hydrogens is 280 g/mol. The number of ketones is 1. The highest BCUT2D eigenvalue weighted by Gasteiger charge is 2.35. The van der Waals surface area contributed by atoms with Gasteiger partial charge in [0.15, 0.2) is 0 Å². The monoisotopic (exact) mass is 309 g/mol. The number of carbonyl (C=O) groups is 1.